The van der Waals surface area contributed by atoms with Crippen LogP contribution in [0.5, 0.6) is 0 Å². The number of aromatic nitrogens is 5. The molecular formula is C27H29N9O2S. The van der Waals surface area contributed by atoms with Crippen LogP contribution in [0.3, 0.4) is 0 Å². The van der Waals surface area contributed by atoms with Crippen LogP contribution < -0.4 is 11.1 Å². The fourth-order valence-electron chi connectivity index (χ4n) is 4.92. The van der Waals surface area contributed by atoms with Crippen molar-refractivity contribution in [1.29, 1.82) is 0 Å². The lowest BCUT2D eigenvalue weighted by molar-refractivity contribution is -0.125. The Balaban J connectivity index is 1.21. The number of anilines is 2. The molecule has 11 nitrogen and oxygen atoms in total. The summed E-state index contributed by atoms with van der Waals surface area (Å²) >= 11 is 1.36. The molecule has 0 spiro atoms. The van der Waals surface area contributed by atoms with E-state index in [1.807, 2.05) is 27.8 Å². The van der Waals surface area contributed by atoms with E-state index in [9.17, 15) is 9.59 Å². The smallest absolute Gasteiger partial charge is 0.257 e. The number of thiazole rings is 1. The Morgan fingerprint density at radius 2 is 2.00 bits per heavy atom. The predicted octanol–water partition coefficient (Wildman–Crippen LogP) is 3.21. The molecule has 1 aromatic carbocycles. The maximum atomic E-state index is 12.8. The van der Waals surface area contributed by atoms with Gasteiger partial charge in [0.1, 0.15) is 17.8 Å². The number of fused-ring (bicyclic) bond motifs is 1. The number of hydrogen-bond donors (Lipinski definition) is 2. The second-order valence-electron chi connectivity index (χ2n) is 9.92. The highest BCUT2D eigenvalue weighted by atomic mass is 32.1. The lowest BCUT2D eigenvalue weighted by Gasteiger charge is -2.16. The molecule has 4 heterocycles. The first-order valence-electron chi connectivity index (χ1n) is 12.9. The van der Waals surface area contributed by atoms with E-state index < -0.39 is 0 Å². The average Bonchev–Trinajstić information content (AvgIpc) is 3.29. The van der Waals surface area contributed by atoms with E-state index in [1.165, 1.54) is 30.5 Å². The van der Waals surface area contributed by atoms with E-state index in [0.717, 1.165) is 18.5 Å². The van der Waals surface area contributed by atoms with Crippen LogP contribution in [0.2, 0.25) is 0 Å². The summed E-state index contributed by atoms with van der Waals surface area (Å²) in [6, 6.07) is 7.78. The van der Waals surface area contributed by atoms with E-state index in [-0.39, 0.29) is 17.9 Å². The molecule has 1 aliphatic carbocycles. The van der Waals surface area contributed by atoms with Gasteiger partial charge >= 0.3 is 0 Å². The number of likely N-dealkylation sites (tertiary alicyclic amines) is 1. The van der Waals surface area contributed by atoms with Crippen molar-refractivity contribution in [2.45, 2.75) is 31.3 Å². The maximum absolute atomic E-state index is 12.8. The molecule has 2 fully saturated rings. The summed E-state index contributed by atoms with van der Waals surface area (Å²) < 4.78 is 1.86. The number of likely N-dealkylation sites (N-methyl/N-ethyl adjacent to an activating group) is 1. The number of nitrogens with two attached hydrogens (primary N) is 1. The number of benzene rings is 1. The summed E-state index contributed by atoms with van der Waals surface area (Å²) in [7, 11) is 2.09. The number of carbonyl (C=O) groups excluding carboxylic acids is 2. The van der Waals surface area contributed by atoms with E-state index in [0.29, 0.717) is 52.4 Å². The fourth-order valence-corrected chi connectivity index (χ4v) is 5.44. The van der Waals surface area contributed by atoms with Crippen molar-refractivity contribution in [2.24, 2.45) is 0 Å². The second-order valence-corrected chi connectivity index (χ2v) is 10.8. The number of rotatable bonds is 8. The SMILES string of the molecule is CN(C/C=C/C(=O)N1CCC(n2nc(-c3ccc(C(=O)Nc4nccs4)cc3)c3c(N)ncnc32)C1)C1CC1. The molecular weight excluding hydrogens is 514 g/mol. The minimum absolute atomic E-state index is 0.0131. The van der Waals surface area contributed by atoms with Gasteiger partial charge in [-0.2, -0.15) is 5.10 Å². The van der Waals surface area contributed by atoms with Gasteiger partial charge < -0.3 is 10.6 Å². The van der Waals surface area contributed by atoms with Crippen molar-refractivity contribution in [2.75, 3.05) is 37.7 Å². The fraction of sp³-hybridized carbons (Fsp3) is 0.333. The molecule has 2 aliphatic rings. The van der Waals surface area contributed by atoms with Crippen LogP contribution in [0.1, 0.15) is 35.7 Å². The van der Waals surface area contributed by atoms with Crippen molar-refractivity contribution in [1.82, 2.24) is 34.5 Å². The minimum atomic E-state index is -0.237. The van der Waals surface area contributed by atoms with E-state index in [4.69, 9.17) is 10.8 Å². The number of nitrogens with zero attached hydrogens (tertiary/aromatic N) is 7. The highest BCUT2D eigenvalue weighted by Crippen LogP contribution is 2.34. The Hall–Kier alpha value is -4.16. The van der Waals surface area contributed by atoms with Crippen LogP contribution >= 0.6 is 11.3 Å². The van der Waals surface area contributed by atoms with E-state index >= 15 is 0 Å². The summed E-state index contributed by atoms with van der Waals surface area (Å²) in [4.78, 5) is 42.3. The van der Waals surface area contributed by atoms with Gasteiger partial charge in [-0.05, 0) is 38.4 Å². The van der Waals surface area contributed by atoms with E-state index in [1.54, 1.807) is 29.8 Å². The van der Waals surface area contributed by atoms with Crippen LogP contribution in [0, 0.1) is 0 Å². The van der Waals surface area contributed by atoms with Crippen molar-refractivity contribution >= 4 is 45.1 Å². The lowest BCUT2D eigenvalue weighted by Crippen LogP contribution is -2.28. The van der Waals surface area contributed by atoms with Crippen molar-refractivity contribution in [3.8, 4) is 11.3 Å². The van der Waals surface area contributed by atoms with Gasteiger partial charge in [0.2, 0.25) is 5.91 Å². The summed E-state index contributed by atoms with van der Waals surface area (Å²) in [6.07, 6.45) is 9.95. The second kappa shape index (κ2) is 10.5. The highest BCUT2D eigenvalue weighted by Gasteiger charge is 2.30. The normalized spacial score (nSPS) is 17.5. The van der Waals surface area contributed by atoms with Crippen LogP contribution in [0.25, 0.3) is 22.3 Å². The molecule has 6 rings (SSSR count). The van der Waals surface area contributed by atoms with Gasteiger partial charge in [-0.1, -0.05) is 18.2 Å². The molecule has 1 saturated carbocycles. The van der Waals surface area contributed by atoms with Crippen LogP contribution in [-0.2, 0) is 4.79 Å². The first-order chi connectivity index (χ1) is 19.0. The standard InChI is InChI=1S/C27H29N9O2S/c1-34(19-8-9-19)12-2-3-21(37)35-13-10-20(15-35)36-25-22(24(28)30-16-31-25)23(33-36)17-4-6-18(7-5-17)26(38)32-27-29-11-14-39-27/h2-7,11,14,16,19-20H,8-10,12-13,15H2,1H3,(H2,28,30,31)(H,29,32,38)/b3-2+. The third-order valence-electron chi connectivity index (χ3n) is 7.24. The summed E-state index contributed by atoms with van der Waals surface area (Å²) in [5.74, 6) is 0.110. The van der Waals surface area contributed by atoms with Gasteiger partial charge in [0.05, 0.1) is 11.4 Å². The van der Waals surface area contributed by atoms with Crippen molar-refractivity contribution in [3.63, 3.8) is 0 Å². The van der Waals surface area contributed by atoms with Gasteiger partial charge in [0.25, 0.3) is 5.91 Å². The summed E-state index contributed by atoms with van der Waals surface area (Å²) in [5, 5.41) is 10.7. The first kappa shape index (κ1) is 25.1. The Kier molecular flexibility index (Phi) is 6.79. The Labute approximate surface area is 229 Å². The molecule has 0 radical (unpaired) electrons. The number of hydrogen-bond acceptors (Lipinski definition) is 9. The number of carbonyl (C=O) groups is 2. The van der Waals surface area contributed by atoms with Gasteiger partial charge in [-0.15, -0.1) is 11.3 Å². The highest BCUT2D eigenvalue weighted by molar-refractivity contribution is 7.13. The maximum Gasteiger partial charge on any atom is 0.257 e. The van der Waals surface area contributed by atoms with Crippen LogP contribution in [0.4, 0.5) is 10.9 Å². The van der Waals surface area contributed by atoms with E-state index in [2.05, 4.69) is 32.2 Å². The molecule has 3 N–H and O–H groups in total. The lowest BCUT2D eigenvalue weighted by atomic mass is 10.1. The third-order valence-corrected chi connectivity index (χ3v) is 7.92. The zero-order valence-electron chi connectivity index (χ0n) is 21.5. The summed E-state index contributed by atoms with van der Waals surface area (Å²) in [5.41, 5.74) is 8.85. The molecule has 39 heavy (non-hydrogen) atoms. The predicted molar refractivity (Wildman–Crippen MR) is 150 cm³/mol. The molecule has 0 bridgehead atoms. The van der Waals surface area contributed by atoms with Gasteiger partial charge in [0.15, 0.2) is 10.8 Å². The van der Waals surface area contributed by atoms with Crippen molar-refractivity contribution < 1.29 is 9.59 Å². The zero-order chi connectivity index (χ0) is 26.9. The van der Waals surface area contributed by atoms with Crippen molar-refractivity contribution in [3.05, 3.63) is 59.9 Å². The monoisotopic (exact) mass is 543 g/mol. The zero-order valence-corrected chi connectivity index (χ0v) is 22.3. The molecule has 1 atom stereocenters. The Morgan fingerprint density at radius 1 is 1.18 bits per heavy atom. The van der Waals surface area contributed by atoms with Crippen LogP contribution in [-0.4, -0.2) is 79.1 Å². The molecule has 1 saturated heterocycles. The third kappa shape index (κ3) is 5.25. The molecule has 1 aliphatic heterocycles. The van der Waals surface area contributed by atoms with Crippen LogP contribution in [0.15, 0.2) is 54.3 Å². The summed E-state index contributed by atoms with van der Waals surface area (Å²) in [6.45, 7) is 1.96. The van der Waals surface area contributed by atoms with Gasteiger partial charge in [-0.25, -0.2) is 19.6 Å². The minimum Gasteiger partial charge on any atom is -0.383 e. The Bertz CT molecular complexity index is 1530. The molecule has 2 amide bonds. The topological polar surface area (TPSA) is 135 Å². The first-order valence-corrected chi connectivity index (χ1v) is 13.8. The number of nitrogen functional groups attached to an aromatic ring is 1. The molecule has 1 unspecified atom stereocenters. The number of amides is 2. The van der Waals surface area contributed by atoms with Gasteiger partial charge in [0, 0.05) is 54.5 Å². The number of nitrogens with one attached hydrogen (secondary N) is 1. The molecule has 4 aromatic rings. The molecule has 200 valence electrons. The molecule has 3 aromatic heterocycles. The quantitative estimate of drug-likeness (QED) is 0.324. The largest absolute Gasteiger partial charge is 0.383 e. The molecule has 12 heteroatoms. The Morgan fingerprint density at radius 3 is 2.74 bits per heavy atom. The van der Waals surface area contributed by atoms with Gasteiger partial charge in [-0.3, -0.25) is 19.8 Å². The average molecular weight is 544 g/mol.